The van der Waals surface area contributed by atoms with E-state index in [2.05, 4.69) is 21.6 Å². The number of phenolic OH excluding ortho intramolecular Hbond substituents is 8. The minimum atomic E-state index is -0.265. The molecule has 1 heterocycles. The molecular weight excluding hydrogens is 652 g/mol. The summed E-state index contributed by atoms with van der Waals surface area (Å²) < 4.78 is 4.18. The zero-order chi connectivity index (χ0) is 31.0. The van der Waals surface area contributed by atoms with Crippen molar-refractivity contribution in [3.63, 3.8) is 0 Å². The number of nitrogens with two attached hydrogens (primary N) is 1. The minimum absolute atomic E-state index is 0. The van der Waals surface area contributed by atoms with Crippen molar-refractivity contribution in [2.75, 3.05) is 0 Å². The predicted octanol–water partition coefficient (Wildman–Crippen LogP) is 1.58. The average molecular weight is 678 g/mol. The van der Waals surface area contributed by atoms with Gasteiger partial charge in [-0.05, 0) is 78.3 Å². The van der Waals surface area contributed by atoms with Gasteiger partial charge in [-0.3, -0.25) is 0 Å². The number of hydrogen-bond acceptors (Lipinski definition) is 14. The van der Waals surface area contributed by atoms with Gasteiger partial charge in [0.2, 0.25) is 0 Å². The molecule has 0 amide bonds. The number of thiocarbonyl (C=S) groups is 1. The molecule has 5 aromatic rings. The van der Waals surface area contributed by atoms with Crippen LogP contribution in [-0.2, 0) is 13.5 Å². The average Bonchev–Trinajstić information content (AvgIpc) is 3.46. The van der Waals surface area contributed by atoms with Crippen LogP contribution >= 0.6 is 23.8 Å². The third-order valence-electron chi connectivity index (χ3n) is 5.25. The van der Waals surface area contributed by atoms with E-state index in [1.54, 1.807) is 12.1 Å². The van der Waals surface area contributed by atoms with E-state index < -0.39 is 0 Å². The molecule has 0 aliphatic carbocycles. The van der Waals surface area contributed by atoms with Crippen molar-refractivity contribution in [1.82, 2.24) is 9.36 Å². The maximum atomic E-state index is 9.50. The summed E-state index contributed by atoms with van der Waals surface area (Å²) in [6.45, 7) is 0. The summed E-state index contributed by atoms with van der Waals surface area (Å²) in [6.07, 6.45) is 0. The van der Waals surface area contributed by atoms with Crippen molar-refractivity contribution in [3.8, 4) is 74.0 Å². The summed E-state index contributed by atoms with van der Waals surface area (Å²) in [4.78, 5) is 4.51. The fourth-order valence-corrected chi connectivity index (χ4v) is 3.85. The number of aromatic hydroxyl groups is 8. The fourth-order valence-electron chi connectivity index (χ4n) is 3.05. The molecule has 0 fully saturated rings. The Bertz CT molecular complexity index is 1730. The van der Waals surface area contributed by atoms with E-state index in [0.717, 1.165) is 11.5 Å². The number of aromatic nitrogens is 2. The van der Waals surface area contributed by atoms with Crippen LogP contribution < -0.4 is 35.3 Å². The quantitative estimate of drug-likeness (QED) is 0.0329. The Morgan fingerprint density at radius 3 is 1.58 bits per heavy atom. The molecule has 16 heteroatoms. The van der Waals surface area contributed by atoms with Gasteiger partial charge >= 0.3 is 29.6 Å². The van der Waals surface area contributed by atoms with E-state index in [-0.39, 0.29) is 101 Å². The summed E-state index contributed by atoms with van der Waals surface area (Å²) in [6, 6.07) is 18.6. The summed E-state index contributed by atoms with van der Waals surface area (Å²) in [5.74, 6) is -1.35. The Morgan fingerprint density at radius 2 is 1.11 bits per heavy atom. The Labute approximate surface area is 296 Å². The second kappa shape index (κ2) is 18.4. The maximum Gasteiger partial charge on any atom is 1.00 e. The second-order valence-electron chi connectivity index (χ2n) is 8.21. The fraction of sp³-hybridized carbons (Fsp3) is 0. The number of rotatable bonds is 3. The molecule has 10 N–H and O–H groups in total. The molecule has 0 spiro atoms. The summed E-state index contributed by atoms with van der Waals surface area (Å²) in [5.41, 5.74) is 7.33. The van der Waals surface area contributed by atoms with Crippen LogP contribution in [0, 0.1) is 18.8 Å². The third-order valence-corrected chi connectivity index (χ3v) is 6.25. The molecule has 4 aromatic carbocycles. The van der Waals surface area contributed by atoms with Crippen molar-refractivity contribution < 1.29 is 70.4 Å². The molecule has 1 aromatic heterocycles. The topological polar surface area (TPSA) is 237 Å². The standard InChI is InChI=1S/C14H10N2O4S.C7H7NO2S.C7H5NO2.CH3.Na.H2S/c17-9-3-1-7(5-11(9)19)13-15-14(21-16-13)8-2-4-10(18)12(20)6-8;8-7(11)4-1-2-5(9)6(10)3-4;8-4-5-1-2-6(9)7(10)3-5;;;/h1-6,17-20H;1-3,9-10H,(H2,8,11);1-3,9-10H;1H3;;1H2/q;;;-1;+1;/p-1. The number of benzene rings is 4. The van der Waals surface area contributed by atoms with Gasteiger partial charge in [0.1, 0.15) is 10.00 Å². The largest absolute Gasteiger partial charge is 1.00 e. The van der Waals surface area contributed by atoms with Crippen LogP contribution in [0.1, 0.15) is 11.1 Å². The summed E-state index contributed by atoms with van der Waals surface area (Å²) in [7, 11) is 0. The van der Waals surface area contributed by atoms with Gasteiger partial charge in [0.25, 0.3) is 0 Å². The van der Waals surface area contributed by atoms with E-state index in [9.17, 15) is 20.4 Å². The Kier molecular flexibility index (Phi) is 16.6. The third kappa shape index (κ3) is 11.2. The van der Waals surface area contributed by atoms with Crippen LogP contribution in [-0.4, -0.2) is 55.2 Å². The van der Waals surface area contributed by atoms with E-state index in [1.165, 1.54) is 60.7 Å². The van der Waals surface area contributed by atoms with E-state index >= 15 is 0 Å². The second-order valence-corrected chi connectivity index (χ2v) is 9.40. The zero-order valence-electron chi connectivity index (χ0n) is 23.7. The Hall–Kier alpha value is -4.43. The molecule has 5 rings (SSSR count). The van der Waals surface area contributed by atoms with Gasteiger partial charge in [-0.15, -0.1) is 0 Å². The van der Waals surface area contributed by atoms with Gasteiger partial charge in [-0.25, -0.2) is 4.98 Å². The monoisotopic (exact) mass is 677 g/mol. The number of thiol groups is 1. The van der Waals surface area contributed by atoms with Gasteiger partial charge < -0.3 is 67.5 Å². The van der Waals surface area contributed by atoms with E-state index in [4.69, 9.17) is 31.4 Å². The predicted molar refractivity (Wildman–Crippen MR) is 173 cm³/mol. The van der Waals surface area contributed by atoms with Crippen molar-refractivity contribution in [1.29, 1.82) is 5.26 Å². The number of hydrogen-bond donors (Lipinski definition) is 9. The van der Waals surface area contributed by atoms with Gasteiger partial charge in [-0.2, -0.15) is 9.64 Å². The van der Waals surface area contributed by atoms with Gasteiger partial charge in [0, 0.05) is 22.8 Å². The van der Waals surface area contributed by atoms with Crippen molar-refractivity contribution in [2.24, 2.45) is 5.73 Å². The SMILES string of the molecule is N#Cc1ccc(O)c(O)c1.NC(=S)c1ccc(O)c(O)c1.Oc1ccc(-c2nsc(-c3ccc(O)c(O)c3)n2)cc1O.[CH3-].[Na+].[SH-]. The zero-order valence-corrected chi connectivity index (χ0v) is 28.2. The molecule has 0 aliphatic rings. The van der Waals surface area contributed by atoms with Crippen molar-refractivity contribution >= 4 is 42.2 Å². The molecule has 0 unspecified atom stereocenters. The molecule has 0 saturated heterocycles. The number of nitrogens with zero attached hydrogens (tertiary/aromatic N) is 3. The maximum absolute atomic E-state index is 9.50. The van der Waals surface area contributed by atoms with Crippen LogP contribution in [0.4, 0.5) is 0 Å². The van der Waals surface area contributed by atoms with Crippen molar-refractivity contribution in [2.45, 2.75) is 0 Å². The van der Waals surface area contributed by atoms with Gasteiger partial charge in [0.15, 0.2) is 51.8 Å². The molecule has 45 heavy (non-hydrogen) atoms. The Balaban J connectivity index is 0.000000690. The van der Waals surface area contributed by atoms with E-state index in [1.807, 2.05) is 6.07 Å². The van der Waals surface area contributed by atoms with Crippen LogP contribution in [0.2, 0.25) is 0 Å². The smallest absolute Gasteiger partial charge is 0.813 e. The Morgan fingerprint density at radius 1 is 0.667 bits per heavy atom. The number of nitriles is 1. The first-order valence-electron chi connectivity index (χ1n) is 11.5. The first kappa shape index (κ1) is 40.6. The van der Waals surface area contributed by atoms with Crippen LogP contribution in [0.3, 0.4) is 0 Å². The summed E-state index contributed by atoms with van der Waals surface area (Å²) >= 11 is 5.77. The van der Waals surface area contributed by atoms with E-state index in [0.29, 0.717) is 33.1 Å². The van der Waals surface area contributed by atoms with Crippen LogP contribution in [0.5, 0.6) is 46.0 Å². The molecule has 0 aliphatic heterocycles. The molecule has 230 valence electrons. The molecule has 0 atom stereocenters. The molecular formula is C29H26N4NaO8S3-. The molecule has 0 radical (unpaired) electrons. The molecule has 0 saturated carbocycles. The first-order valence-corrected chi connectivity index (χ1v) is 12.7. The number of phenols is 8. The normalized spacial score (nSPS) is 9.22. The van der Waals surface area contributed by atoms with Crippen molar-refractivity contribution in [3.05, 3.63) is 91.3 Å². The summed E-state index contributed by atoms with van der Waals surface area (Å²) in [5, 5.41) is 81.9. The molecule has 12 nitrogen and oxygen atoms in total. The van der Waals surface area contributed by atoms with Gasteiger partial charge in [0.05, 0.1) is 11.6 Å². The van der Waals surface area contributed by atoms with Gasteiger partial charge in [-0.1, -0.05) is 12.2 Å². The van der Waals surface area contributed by atoms with Crippen LogP contribution in [0.15, 0.2) is 72.8 Å². The minimum Gasteiger partial charge on any atom is -0.813 e. The first-order chi connectivity index (χ1) is 19.9. The molecule has 0 bridgehead atoms. The van der Waals surface area contributed by atoms with Crippen LogP contribution in [0.25, 0.3) is 22.0 Å².